The van der Waals surface area contributed by atoms with Crippen LogP contribution in [0.15, 0.2) is 41.4 Å². The molecule has 1 aromatic carbocycles. The van der Waals surface area contributed by atoms with Gasteiger partial charge < -0.3 is 5.11 Å². The predicted molar refractivity (Wildman–Crippen MR) is 93.3 cm³/mol. The van der Waals surface area contributed by atoms with Crippen molar-refractivity contribution < 1.29 is 13.5 Å². The van der Waals surface area contributed by atoms with Crippen molar-refractivity contribution in [1.29, 1.82) is 0 Å². The highest BCUT2D eigenvalue weighted by Gasteiger charge is 2.30. The van der Waals surface area contributed by atoms with Gasteiger partial charge in [-0.3, -0.25) is 4.68 Å². The standard InChI is InChI=1S/C17H25N3O3S/c1-13(21)10-18-24(22,23)15-12-20(19-16(15)17(2,3)4)11-14-8-6-5-7-9-14/h5-9,12-13,18,21H,10-11H2,1-4H3. The van der Waals surface area contributed by atoms with Gasteiger partial charge in [0.1, 0.15) is 4.90 Å². The molecule has 0 fully saturated rings. The lowest BCUT2D eigenvalue weighted by Gasteiger charge is -2.17. The van der Waals surface area contributed by atoms with Gasteiger partial charge in [0.05, 0.1) is 18.3 Å². The third-order valence-electron chi connectivity index (χ3n) is 3.48. The summed E-state index contributed by atoms with van der Waals surface area (Å²) in [6, 6.07) is 9.75. The summed E-state index contributed by atoms with van der Waals surface area (Å²) in [5.74, 6) is 0. The van der Waals surface area contributed by atoms with Crippen LogP contribution < -0.4 is 4.72 Å². The van der Waals surface area contributed by atoms with Gasteiger partial charge in [-0.05, 0) is 12.5 Å². The molecule has 1 aromatic heterocycles. The van der Waals surface area contributed by atoms with Crippen LogP contribution >= 0.6 is 0 Å². The summed E-state index contributed by atoms with van der Waals surface area (Å²) in [5, 5.41) is 13.8. The SMILES string of the molecule is CC(O)CNS(=O)(=O)c1cn(Cc2ccccc2)nc1C(C)(C)C. The molecule has 1 unspecified atom stereocenters. The Morgan fingerprint density at radius 1 is 1.25 bits per heavy atom. The van der Waals surface area contributed by atoms with E-state index < -0.39 is 21.5 Å². The van der Waals surface area contributed by atoms with Gasteiger partial charge in [0.15, 0.2) is 0 Å². The summed E-state index contributed by atoms with van der Waals surface area (Å²) in [6.07, 6.45) is 0.801. The quantitative estimate of drug-likeness (QED) is 0.832. The normalized spacial score (nSPS) is 13.9. The van der Waals surface area contributed by atoms with Gasteiger partial charge in [0.25, 0.3) is 0 Å². The highest BCUT2D eigenvalue weighted by atomic mass is 32.2. The van der Waals surface area contributed by atoms with Gasteiger partial charge in [-0.1, -0.05) is 51.1 Å². The minimum atomic E-state index is -3.73. The second-order valence-corrected chi connectivity index (χ2v) is 8.71. The highest BCUT2D eigenvalue weighted by molar-refractivity contribution is 7.89. The average molecular weight is 351 g/mol. The summed E-state index contributed by atoms with van der Waals surface area (Å²) in [4.78, 5) is 0.159. The molecule has 132 valence electrons. The van der Waals surface area contributed by atoms with E-state index in [1.54, 1.807) is 10.9 Å². The van der Waals surface area contributed by atoms with E-state index in [4.69, 9.17) is 0 Å². The number of nitrogens with zero attached hydrogens (tertiary/aromatic N) is 2. The molecule has 0 saturated heterocycles. The highest BCUT2D eigenvalue weighted by Crippen LogP contribution is 2.27. The lowest BCUT2D eigenvalue weighted by Crippen LogP contribution is -2.32. The smallest absolute Gasteiger partial charge is 0.244 e. The van der Waals surface area contributed by atoms with Crippen molar-refractivity contribution in [2.45, 2.75) is 50.7 Å². The van der Waals surface area contributed by atoms with E-state index >= 15 is 0 Å². The fourth-order valence-corrected chi connectivity index (χ4v) is 3.76. The fourth-order valence-electron chi connectivity index (χ4n) is 2.28. The molecule has 1 atom stereocenters. The van der Waals surface area contributed by atoms with Crippen LogP contribution in [0.2, 0.25) is 0 Å². The lowest BCUT2D eigenvalue weighted by atomic mass is 9.92. The van der Waals surface area contributed by atoms with Gasteiger partial charge in [0.2, 0.25) is 10.0 Å². The number of hydrogen-bond acceptors (Lipinski definition) is 4. The maximum absolute atomic E-state index is 12.6. The Bertz CT molecular complexity index is 775. The van der Waals surface area contributed by atoms with Crippen LogP contribution in [0.3, 0.4) is 0 Å². The van der Waals surface area contributed by atoms with Crippen molar-refractivity contribution in [3.8, 4) is 0 Å². The predicted octanol–water partition coefficient (Wildman–Crippen LogP) is 1.89. The van der Waals surface area contributed by atoms with Gasteiger partial charge in [0, 0.05) is 18.2 Å². The zero-order valence-electron chi connectivity index (χ0n) is 14.5. The number of aliphatic hydroxyl groups excluding tert-OH is 1. The molecular weight excluding hydrogens is 326 g/mol. The Labute approximate surface area is 143 Å². The van der Waals surface area contributed by atoms with E-state index in [1.807, 2.05) is 51.1 Å². The Hall–Kier alpha value is -1.70. The molecule has 24 heavy (non-hydrogen) atoms. The minimum Gasteiger partial charge on any atom is -0.392 e. The topological polar surface area (TPSA) is 84.2 Å². The van der Waals surface area contributed by atoms with Gasteiger partial charge in [-0.15, -0.1) is 0 Å². The van der Waals surface area contributed by atoms with E-state index in [-0.39, 0.29) is 11.4 Å². The summed E-state index contributed by atoms with van der Waals surface area (Å²) >= 11 is 0. The Morgan fingerprint density at radius 3 is 2.42 bits per heavy atom. The summed E-state index contributed by atoms with van der Waals surface area (Å²) in [7, 11) is -3.73. The first-order valence-corrected chi connectivity index (χ1v) is 9.37. The lowest BCUT2D eigenvalue weighted by molar-refractivity contribution is 0.198. The fraction of sp³-hybridized carbons (Fsp3) is 0.471. The molecule has 0 aliphatic rings. The van der Waals surface area contributed by atoms with Crippen molar-refractivity contribution in [3.05, 3.63) is 47.8 Å². The van der Waals surface area contributed by atoms with E-state index in [1.165, 1.54) is 6.92 Å². The molecule has 7 heteroatoms. The van der Waals surface area contributed by atoms with Crippen molar-refractivity contribution in [1.82, 2.24) is 14.5 Å². The number of rotatable bonds is 6. The summed E-state index contributed by atoms with van der Waals surface area (Å²) in [6.45, 7) is 7.78. The Balaban J connectivity index is 2.39. The van der Waals surface area contributed by atoms with Crippen LogP contribution in [0.4, 0.5) is 0 Å². The molecule has 0 spiro atoms. The monoisotopic (exact) mass is 351 g/mol. The molecule has 0 bridgehead atoms. The van der Waals surface area contributed by atoms with Crippen LogP contribution in [0, 0.1) is 0 Å². The Morgan fingerprint density at radius 2 is 1.88 bits per heavy atom. The van der Waals surface area contributed by atoms with Crippen molar-refractivity contribution in [2.24, 2.45) is 0 Å². The van der Waals surface area contributed by atoms with Crippen molar-refractivity contribution >= 4 is 10.0 Å². The third kappa shape index (κ3) is 4.66. The molecule has 0 amide bonds. The summed E-state index contributed by atoms with van der Waals surface area (Å²) in [5.41, 5.74) is 1.13. The second kappa shape index (κ2) is 7.04. The molecule has 2 rings (SSSR count). The molecule has 2 aromatic rings. The number of sulfonamides is 1. The molecule has 0 aliphatic heterocycles. The molecule has 6 nitrogen and oxygen atoms in total. The van der Waals surface area contributed by atoms with E-state index in [0.717, 1.165) is 5.56 Å². The van der Waals surface area contributed by atoms with Crippen molar-refractivity contribution in [3.63, 3.8) is 0 Å². The third-order valence-corrected chi connectivity index (χ3v) is 4.91. The van der Waals surface area contributed by atoms with E-state index in [0.29, 0.717) is 12.2 Å². The number of hydrogen-bond donors (Lipinski definition) is 2. The number of aromatic nitrogens is 2. The van der Waals surface area contributed by atoms with E-state index in [9.17, 15) is 13.5 Å². The molecule has 0 aliphatic carbocycles. The van der Waals surface area contributed by atoms with E-state index in [2.05, 4.69) is 9.82 Å². The van der Waals surface area contributed by atoms with Gasteiger partial charge in [-0.25, -0.2) is 13.1 Å². The van der Waals surface area contributed by atoms with Crippen LogP contribution in [-0.4, -0.2) is 36.0 Å². The zero-order chi connectivity index (χ0) is 18.0. The van der Waals surface area contributed by atoms with Gasteiger partial charge in [-0.2, -0.15) is 5.10 Å². The van der Waals surface area contributed by atoms with Crippen LogP contribution in [0.1, 0.15) is 39.0 Å². The zero-order valence-corrected chi connectivity index (χ0v) is 15.3. The van der Waals surface area contributed by atoms with Crippen LogP contribution in [-0.2, 0) is 22.0 Å². The van der Waals surface area contributed by atoms with Gasteiger partial charge >= 0.3 is 0 Å². The number of nitrogens with one attached hydrogen (secondary N) is 1. The summed E-state index contributed by atoms with van der Waals surface area (Å²) < 4.78 is 29.3. The Kier molecular flexibility index (Phi) is 5.47. The average Bonchev–Trinajstić information content (AvgIpc) is 2.91. The second-order valence-electron chi connectivity index (χ2n) is 6.98. The minimum absolute atomic E-state index is 0.0320. The molecular formula is C17H25N3O3S. The van der Waals surface area contributed by atoms with Crippen molar-refractivity contribution in [2.75, 3.05) is 6.54 Å². The maximum atomic E-state index is 12.6. The van der Waals surface area contributed by atoms with Crippen LogP contribution in [0.25, 0.3) is 0 Å². The molecule has 2 N–H and O–H groups in total. The molecule has 0 saturated carbocycles. The first-order chi connectivity index (χ1) is 11.1. The molecule has 0 radical (unpaired) electrons. The number of aliphatic hydroxyl groups is 1. The largest absolute Gasteiger partial charge is 0.392 e. The first kappa shape index (κ1) is 18.6. The van der Waals surface area contributed by atoms with Crippen LogP contribution in [0.5, 0.6) is 0 Å². The number of benzene rings is 1. The first-order valence-electron chi connectivity index (χ1n) is 7.89. The molecule has 1 heterocycles. The maximum Gasteiger partial charge on any atom is 0.244 e.